The summed E-state index contributed by atoms with van der Waals surface area (Å²) in [5, 5.41) is 5.58. The van der Waals surface area contributed by atoms with Crippen LogP contribution in [-0.4, -0.2) is 31.0 Å². The fourth-order valence-corrected chi connectivity index (χ4v) is 3.81. The molecule has 13 heteroatoms. The second-order valence-electron chi connectivity index (χ2n) is 7.34. The Labute approximate surface area is 204 Å². The van der Waals surface area contributed by atoms with Crippen LogP contribution in [0.25, 0.3) is 16.6 Å². The molecule has 0 aliphatic rings. The molecular weight excluding hydrogens is 501 g/mol. The molecule has 3 rings (SSSR count). The van der Waals surface area contributed by atoms with Gasteiger partial charge >= 0.3 is 11.7 Å². The number of carbonyl (C=O) groups excluding carboxylic acids is 1. The summed E-state index contributed by atoms with van der Waals surface area (Å²) < 4.78 is 41.7. The van der Waals surface area contributed by atoms with Crippen LogP contribution in [0.5, 0.6) is 0 Å². The number of nitrogens with zero attached hydrogens (tertiary/aromatic N) is 1. The molecule has 1 heterocycles. The third kappa shape index (κ3) is 5.78. The molecule has 10 nitrogen and oxygen atoms in total. The highest BCUT2D eigenvalue weighted by Crippen LogP contribution is 2.18. The number of fused-ring (bicyclic) bond motifs is 1. The topological polar surface area (TPSA) is 142 Å². The van der Waals surface area contributed by atoms with E-state index in [0.29, 0.717) is 15.3 Å². The fourth-order valence-electron chi connectivity index (χ4n) is 3.04. The van der Waals surface area contributed by atoms with E-state index in [0.717, 1.165) is 12.1 Å². The van der Waals surface area contributed by atoms with Crippen LogP contribution in [0.4, 0.5) is 20.6 Å². The molecule has 0 spiro atoms. The lowest BCUT2D eigenvalue weighted by Crippen LogP contribution is -2.35. The van der Waals surface area contributed by atoms with Gasteiger partial charge in [0.05, 0.1) is 21.5 Å². The Morgan fingerprint density at radius 1 is 1.09 bits per heavy atom. The minimum atomic E-state index is -4.17. The first-order chi connectivity index (χ1) is 16.4. The zero-order chi connectivity index (χ0) is 25.9. The van der Waals surface area contributed by atoms with E-state index in [1.807, 2.05) is 0 Å². The highest BCUT2D eigenvalue weighted by Gasteiger charge is 2.18. The van der Waals surface area contributed by atoms with Crippen LogP contribution in [0.1, 0.15) is 13.8 Å². The van der Waals surface area contributed by atoms with Crippen molar-refractivity contribution in [2.45, 2.75) is 13.8 Å². The van der Waals surface area contributed by atoms with Gasteiger partial charge in [-0.2, -0.15) is 0 Å². The molecule has 184 valence electrons. The van der Waals surface area contributed by atoms with Crippen LogP contribution in [0.2, 0.25) is 0 Å². The van der Waals surface area contributed by atoms with Crippen molar-refractivity contribution < 1.29 is 17.6 Å². The van der Waals surface area contributed by atoms with Crippen LogP contribution in [0.3, 0.4) is 0 Å². The first-order valence-corrected chi connectivity index (χ1v) is 11.9. The molecule has 0 bridgehead atoms. The summed E-state index contributed by atoms with van der Waals surface area (Å²) in [6.45, 7) is 2.81. The van der Waals surface area contributed by atoms with Gasteiger partial charge in [0.1, 0.15) is 5.82 Å². The van der Waals surface area contributed by atoms with Gasteiger partial charge in [-0.05, 0) is 62.4 Å². The van der Waals surface area contributed by atoms with Crippen LogP contribution < -0.4 is 26.6 Å². The molecule has 35 heavy (non-hydrogen) atoms. The molecule has 0 saturated heterocycles. The van der Waals surface area contributed by atoms with E-state index in [2.05, 4.69) is 15.6 Å². The second-order valence-corrected chi connectivity index (χ2v) is 9.79. The summed E-state index contributed by atoms with van der Waals surface area (Å²) in [5.74, 6) is -0.997. The zero-order valence-electron chi connectivity index (χ0n) is 18.8. The number of halogens is 2. The van der Waals surface area contributed by atoms with Crippen molar-refractivity contribution >= 4 is 49.9 Å². The molecule has 0 aliphatic carbocycles. The maximum atomic E-state index is 14.9. The van der Waals surface area contributed by atoms with E-state index in [1.54, 1.807) is 30.8 Å². The molecular formula is C22H21ClFN5O5S. The Morgan fingerprint density at radius 3 is 2.40 bits per heavy atom. The maximum absolute atomic E-state index is 14.9. The largest absolute Gasteiger partial charge is 0.388 e. The molecule has 0 radical (unpaired) electrons. The Morgan fingerprint density at radius 2 is 1.77 bits per heavy atom. The number of anilines is 2. The Hall–Kier alpha value is -3.90. The quantitative estimate of drug-likeness (QED) is 0.366. The fraction of sp³-hybridized carbons (Fsp3) is 0.136. The van der Waals surface area contributed by atoms with Crippen molar-refractivity contribution in [3.63, 3.8) is 0 Å². The maximum Gasteiger partial charge on any atom is 0.333 e. The SMILES string of the molecule is CNc1ccc2c(=O)n(-c3ccc(NC(=O)NS(=O)(=O)/C(C)=C/C=C(\C)Cl)cc3F)c(=O)[nH]c2c1. The van der Waals surface area contributed by atoms with Crippen molar-refractivity contribution in [1.82, 2.24) is 14.3 Å². The minimum Gasteiger partial charge on any atom is -0.388 e. The van der Waals surface area contributed by atoms with Gasteiger partial charge in [-0.1, -0.05) is 11.6 Å². The molecule has 0 atom stereocenters. The summed E-state index contributed by atoms with van der Waals surface area (Å²) in [6.07, 6.45) is 2.56. The summed E-state index contributed by atoms with van der Waals surface area (Å²) in [5.41, 5.74) is -1.11. The lowest BCUT2D eigenvalue weighted by molar-refractivity contribution is 0.256. The number of carbonyl (C=O) groups is 1. The number of hydrogen-bond donors (Lipinski definition) is 4. The molecule has 1 aromatic heterocycles. The molecule has 0 unspecified atom stereocenters. The summed E-state index contributed by atoms with van der Waals surface area (Å²) in [7, 11) is -2.49. The smallest absolute Gasteiger partial charge is 0.333 e. The number of aromatic nitrogens is 2. The van der Waals surface area contributed by atoms with Gasteiger partial charge in [0, 0.05) is 23.5 Å². The average molecular weight is 522 g/mol. The number of sulfonamides is 1. The molecule has 0 saturated carbocycles. The third-order valence-corrected chi connectivity index (χ3v) is 6.40. The van der Waals surface area contributed by atoms with E-state index < -0.39 is 33.1 Å². The minimum absolute atomic E-state index is 0.110. The van der Waals surface area contributed by atoms with Crippen LogP contribution >= 0.6 is 11.6 Å². The number of nitrogens with one attached hydrogen (secondary N) is 4. The summed E-state index contributed by atoms with van der Waals surface area (Å²) >= 11 is 5.66. The lowest BCUT2D eigenvalue weighted by Gasteiger charge is -2.11. The first kappa shape index (κ1) is 25.7. The molecule has 0 fully saturated rings. The van der Waals surface area contributed by atoms with E-state index >= 15 is 0 Å². The normalized spacial score (nSPS) is 12.5. The molecule has 2 amide bonds. The van der Waals surface area contributed by atoms with Crippen molar-refractivity contribution in [3.05, 3.63) is 85.1 Å². The Bertz CT molecular complexity index is 1600. The van der Waals surface area contributed by atoms with Crippen molar-refractivity contribution in [3.8, 4) is 5.69 Å². The van der Waals surface area contributed by atoms with Gasteiger partial charge in [-0.25, -0.2) is 31.7 Å². The van der Waals surface area contributed by atoms with E-state index in [9.17, 15) is 27.2 Å². The molecule has 3 aromatic rings. The van der Waals surface area contributed by atoms with E-state index in [1.165, 1.54) is 31.2 Å². The summed E-state index contributed by atoms with van der Waals surface area (Å²) in [4.78, 5) is 39.9. The van der Waals surface area contributed by atoms with Gasteiger partial charge in [0.2, 0.25) is 0 Å². The van der Waals surface area contributed by atoms with E-state index in [4.69, 9.17) is 11.6 Å². The number of benzene rings is 2. The van der Waals surface area contributed by atoms with Crippen LogP contribution in [0, 0.1) is 5.82 Å². The number of aromatic amines is 1. The Kier molecular flexibility index (Phi) is 7.46. The number of urea groups is 1. The summed E-state index contributed by atoms with van der Waals surface area (Å²) in [6, 6.07) is 6.74. The predicted octanol–water partition coefficient (Wildman–Crippen LogP) is 3.36. The number of amides is 2. The number of allylic oxidation sites excluding steroid dienone is 4. The van der Waals surface area contributed by atoms with Gasteiger partial charge in [0.15, 0.2) is 0 Å². The van der Waals surface area contributed by atoms with Gasteiger partial charge in [-0.3, -0.25) is 4.79 Å². The lowest BCUT2D eigenvalue weighted by atomic mass is 10.2. The van der Waals surface area contributed by atoms with Crippen molar-refractivity contribution in [2.24, 2.45) is 0 Å². The van der Waals surface area contributed by atoms with Crippen LogP contribution in [0.15, 0.2) is 68.1 Å². The standard InChI is InChI=1S/C22H21ClFN5O5S/c1-12(23)4-5-13(2)35(33,34)28-21(31)26-15-7-9-19(17(24)10-15)29-20(30)16-8-6-14(25-3)11-18(16)27-22(29)32/h4-11,25H,1-3H3,(H,27,32)(H2,26,28,31)/b12-4+,13-5+. The average Bonchev–Trinajstić information content (AvgIpc) is 2.77. The highest BCUT2D eigenvalue weighted by atomic mass is 35.5. The predicted molar refractivity (Wildman–Crippen MR) is 134 cm³/mol. The third-order valence-electron chi connectivity index (χ3n) is 4.83. The van der Waals surface area contributed by atoms with E-state index in [-0.39, 0.29) is 27.2 Å². The highest BCUT2D eigenvalue weighted by molar-refractivity contribution is 7.93. The van der Waals surface area contributed by atoms with Crippen molar-refractivity contribution in [1.29, 1.82) is 0 Å². The van der Waals surface area contributed by atoms with Gasteiger partial charge < -0.3 is 15.6 Å². The zero-order valence-corrected chi connectivity index (χ0v) is 20.3. The number of hydrogen-bond acceptors (Lipinski definition) is 6. The number of rotatable bonds is 6. The van der Waals surface area contributed by atoms with Crippen molar-refractivity contribution in [2.75, 3.05) is 17.7 Å². The molecule has 0 aliphatic heterocycles. The molecule has 2 aromatic carbocycles. The monoisotopic (exact) mass is 521 g/mol. The van der Waals surface area contributed by atoms with Gasteiger partial charge in [-0.15, -0.1) is 0 Å². The Balaban J connectivity index is 1.88. The van der Waals surface area contributed by atoms with Crippen LogP contribution in [-0.2, 0) is 10.0 Å². The van der Waals surface area contributed by atoms with Gasteiger partial charge in [0.25, 0.3) is 15.6 Å². The first-order valence-electron chi connectivity index (χ1n) is 10.0. The second kappa shape index (κ2) is 10.2. The molecule has 4 N–H and O–H groups in total. The number of H-pyrrole nitrogens is 1.